The molecule has 0 radical (unpaired) electrons. The van der Waals surface area contributed by atoms with E-state index < -0.39 is 11.7 Å². The third kappa shape index (κ3) is 5.42. The van der Waals surface area contributed by atoms with Crippen LogP contribution in [0.1, 0.15) is 21.5 Å². The van der Waals surface area contributed by atoms with Crippen LogP contribution in [0.3, 0.4) is 0 Å². The number of anilines is 1. The van der Waals surface area contributed by atoms with Gasteiger partial charge in [0.2, 0.25) is 0 Å². The highest BCUT2D eigenvalue weighted by Gasteiger charge is 2.31. The van der Waals surface area contributed by atoms with Gasteiger partial charge in [0.1, 0.15) is 0 Å². The molecule has 2 aromatic rings. The van der Waals surface area contributed by atoms with Crippen LogP contribution in [0.4, 0.5) is 18.9 Å². The Kier molecular flexibility index (Phi) is 6.71. The van der Waals surface area contributed by atoms with Crippen LogP contribution >= 0.6 is 0 Å². The molecule has 2 heterocycles. The second kappa shape index (κ2) is 9.50. The van der Waals surface area contributed by atoms with Crippen LogP contribution in [0.15, 0.2) is 48.5 Å². The number of halogens is 3. The largest absolute Gasteiger partial charge is 0.416 e. The molecular formula is C24H28F3N3O2. The minimum Gasteiger partial charge on any atom is -0.373 e. The third-order valence-electron chi connectivity index (χ3n) is 6.10. The maximum absolute atomic E-state index is 13.0. The average molecular weight is 448 g/mol. The number of nitrogens with zero attached hydrogens (tertiary/aromatic N) is 3. The van der Waals surface area contributed by atoms with Gasteiger partial charge in [0.05, 0.1) is 18.3 Å². The summed E-state index contributed by atoms with van der Waals surface area (Å²) < 4.78 is 44.9. The summed E-state index contributed by atoms with van der Waals surface area (Å²) in [4.78, 5) is 18.9. The first-order valence-electron chi connectivity index (χ1n) is 10.9. The normalized spacial score (nSPS) is 20.4. The van der Waals surface area contributed by atoms with Crippen LogP contribution in [0.5, 0.6) is 0 Å². The van der Waals surface area contributed by atoms with Gasteiger partial charge in [-0.05, 0) is 37.3 Å². The van der Waals surface area contributed by atoms with Crippen molar-refractivity contribution in [3.63, 3.8) is 0 Å². The van der Waals surface area contributed by atoms with Crippen LogP contribution in [0.25, 0.3) is 0 Å². The highest BCUT2D eigenvalue weighted by atomic mass is 19.4. The minimum absolute atomic E-state index is 0.0210. The molecule has 2 aliphatic rings. The SMILES string of the molecule is Cc1ccc(C(=O)N2CCOC(CN3CCN(c4cccc(C(F)(F)F)c4)CC3)C2)cc1. The molecule has 4 rings (SSSR count). The van der Waals surface area contributed by atoms with E-state index in [9.17, 15) is 18.0 Å². The van der Waals surface area contributed by atoms with Crippen LogP contribution in [-0.4, -0.2) is 74.2 Å². The van der Waals surface area contributed by atoms with Crippen molar-refractivity contribution >= 4 is 11.6 Å². The molecule has 1 unspecified atom stereocenters. The molecule has 0 spiro atoms. The molecule has 0 N–H and O–H groups in total. The Hall–Kier alpha value is -2.58. The predicted octanol–water partition coefficient (Wildman–Crippen LogP) is 3.68. The molecule has 0 aliphatic carbocycles. The number of aryl methyl sites for hydroxylation is 1. The highest BCUT2D eigenvalue weighted by Crippen LogP contribution is 2.32. The van der Waals surface area contributed by atoms with E-state index in [0.717, 1.165) is 24.7 Å². The molecule has 8 heteroatoms. The number of benzene rings is 2. The Morgan fingerprint density at radius 2 is 1.75 bits per heavy atom. The smallest absolute Gasteiger partial charge is 0.373 e. The van der Waals surface area contributed by atoms with Crippen molar-refractivity contribution < 1.29 is 22.7 Å². The number of hydrogen-bond acceptors (Lipinski definition) is 4. The van der Waals surface area contributed by atoms with Gasteiger partial charge in [-0.25, -0.2) is 0 Å². The monoisotopic (exact) mass is 447 g/mol. The second-order valence-corrected chi connectivity index (χ2v) is 8.45. The number of amides is 1. The van der Waals surface area contributed by atoms with E-state index in [2.05, 4.69) is 4.90 Å². The van der Waals surface area contributed by atoms with Crippen LogP contribution in [-0.2, 0) is 10.9 Å². The molecule has 1 amide bonds. The lowest BCUT2D eigenvalue weighted by atomic mass is 10.1. The van der Waals surface area contributed by atoms with E-state index in [-0.39, 0.29) is 12.0 Å². The number of carbonyl (C=O) groups is 1. The predicted molar refractivity (Wildman–Crippen MR) is 117 cm³/mol. The van der Waals surface area contributed by atoms with Crippen molar-refractivity contribution in [2.75, 3.05) is 57.3 Å². The van der Waals surface area contributed by atoms with Gasteiger partial charge in [-0.1, -0.05) is 23.8 Å². The molecule has 0 aromatic heterocycles. The van der Waals surface area contributed by atoms with Crippen molar-refractivity contribution in [1.82, 2.24) is 9.80 Å². The highest BCUT2D eigenvalue weighted by molar-refractivity contribution is 5.94. The van der Waals surface area contributed by atoms with Gasteiger partial charge in [-0.15, -0.1) is 0 Å². The molecule has 2 saturated heterocycles. The number of ether oxygens (including phenoxy) is 1. The van der Waals surface area contributed by atoms with Crippen LogP contribution < -0.4 is 4.90 Å². The van der Waals surface area contributed by atoms with E-state index in [1.165, 1.54) is 12.1 Å². The number of piperazine rings is 1. The summed E-state index contributed by atoms with van der Waals surface area (Å²) in [5, 5.41) is 0. The molecule has 2 aliphatic heterocycles. The van der Waals surface area contributed by atoms with Crippen molar-refractivity contribution in [3.8, 4) is 0 Å². The fourth-order valence-electron chi connectivity index (χ4n) is 4.25. The van der Waals surface area contributed by atoms with Crippen molar-refractivity contribution in [2.45, 2.75) is 19.2 Å². The summed E-state index contributed by atoms with van der Waals surface area (Å²) in [5.41, 5.74) is 1.78. The molecule has 2 aromatic carbocycles. The number of rotatable bonds is 4. The second-order valence-electron chi connectivity index (χ2n) is 8.45. The van der Waals surface area contributed by atoms with Gasteiger partial charge in [0.15, 0.2) is 0 Å². The zero-order chi connectivity index (χ0) is 22.7. The molecule has 1 atom stereocenters. The topological polar surface area (TPSA) is 36.0 Å². The Morgan fingerprint density at radius 1 is 1.03 bits per heavy atom. The zero-order valence-corrected chi connectivity index (χ0v) is 18.1. The lowest BCUT2D eigenvalue weighted by Crippen LogP contribution is -2.53. The summed E-state index contributed by atoms with van der Waals surface area (Å²) in [6, 6.07) is 13.1. The quantitative estimate of drug-likeness (QED) is 0.717. The van der Waals surface area contributed by atoms with Crippen molar-refractivity contribution in [2.24, 2.45) is 0 Å². The summed E-state index contributed by atoms with van der Waals surface area (Å²) >= 11 is 0. The Morgan fingerprint density at radius 3 is 2.44 bits per heavy atom. The fourth-order valence-corrected chi connectivity index (χ4v) is 4.25. The minimum atomic E-state index is -4.34. The molecule has 5 nitrogen and oxygen atoms in total. The number of alkyl halides is 3. The lowest BCUT2D eigenvalue weighted by Gasteiger charge is -2.40. The van der Waals surface area contributed by atoms with Gasteiger partial charge in [0, 0.05) is 57.1 Å². The standard InChI is InChI=1S/C24H28F3N3O2/c1-18-5-7-19(8-6-18)23(31)30-13-14-32-22(17-30)16-28-9-11-29(12-10-28)21-4-2-3-20(15-21)24(25,26)27/h2-8,15,22H,9-14,16-17H2,1H3. The fraction of sp³-hybridized carbons (Fsp3) is 0.458. The lowest BCUT2D eigenvalue weighted by molar-refractivity contribution is -0.137. The summed E-state index contributed by atoms with van der Waals surface area (Å²) in [6.45, 7) is 7.10. The Bertz CT molecular complexity index is 925. The van der Waals surface area contributed by atoms with E-state index in [0.29, 0.717) is 50.6 Å². The number of morpholine rings is 1. The molecular weight excluding hydrogens is 419 g/mol. The van der Waals surface area contributed by atoms with Crippen LogP contribution in [0.2, 0.25) is 0 Å². The van der Waals surface area contributed by atoms with Gasteiger partial charge >= 0.3 is 6.18 Å². The van der Waals surface area contributed by atoms with Gasteiger partial charge in [0.25, 0.3) is 5.91 Å². The van der Waals surface area contributed by atoms with Crippen molar-refractivity contribution in [1.29, 1.82) is 0 Å². The van der Waals surface area contributed by atoms with Gasteiger partial charge in [-0.3, -0.25) is 9.69 Å². The zero-order valence-electron chi connectivity index (χ0n) is 18.1. The molecule has 2 fully saturated rings. The first-order chi connectivity index (χ1) is 15.3. The Labute approximate surface area is 186 Å². The molecule has 0 saturated carbocycles. The summed E-state index contributed by atoms with van der Waals surface area (Å²) in [6.07, 6.45) is -4.41. The third-order valence-corrected chi connectivity index (χ3v) is 6.10. The maximum atomic E-state index is 13.0. The Balaban J connectivity index is 1.29. The van der Waals surface area contributed by atoms with E-state index in [1.807, 2.05) is 41.0 Å². The molecule has 172 valence electrons. The molecule has 0 bridgehead atoms. The number of carbonyl (C=O) groups excluding carboxylic acids is 1. The van der Waals surface area contributed by atoms with Gasteiger partial charge in [-0.2, -0.15) is 13.2 Å². The summed E-state index contributed by atoms with van der Waals surface area (Å²) in [5.74, 6) is 0.0210. The van der Waals surface area contributed by atoms with Crippen LogP contribution in [0, 0.1) is 6.92 Å². The first-order valence-corrected chi connectivity index (χ1v) is 10.9. The number of hydrogen-bond donors (Lipinski definition) is 0. The van der Waals surface area contributed by atoms with E-state index in [1.54, 1.807) is 6.07 Å². The van der Waals surface area contributed by atoms with E-state index in [4.69, 9.17) is 4.74 Å². The van der Waals surface area contributed by atoms with Gasteiger partial charge < -0.3 is 14.5 Å². The van der Waals surface area contributed by atoms with Crippen molar-refractivity contribution in [3.05, 3.63) is 65.2 Å². The maximum Gasteiger partial charge on any atom is 0.416 e. The first kappa shape index (κ1) is 22.6. The molecule has 32 heavy (non-hydrogen) atoms. The average Bonchev–Trinajstić information content (AvgIpc) is 2.79. The summed E-state index contributed by atoms with van der Waals surface area (Å²) in [7, 11) is 0. The van der Waals surface area contributed by atoms with E-state index >= 15 is 0 Å².